The minimum atomic E-state index is -1.47. The number of ether oxygens (including phenoxy) is 2. The molecular formula is C26H29N5O4S. The van der Waals surface area contributed by atoms with Crippen LogP contribution in [-0.2, 0) is 6.54 Å². The van der Waals surface area contributed by atoms with Crippen LogP contribution in [-0.4, -0.2) is 51.2 Å². The molecule has 10 heteroatoms. The van der Waals surface area contributed by atoms with E-state index in [0.717, 1.165) is 27.2 Å². The molecule has 2 atom stereocenters. The predicted molar refractivity (Wildman–Crippen MR) is 141 cm³/mol. The highest BCUT2D eigenvalue weighted by Crippen LogP contribution is 2.39. The highest BCUT2D eigenvalue weighted by Gasteiger charge is 2.41. The van der Waals surface area contributed by atoms with Crippen LogP contribution >= 0.6 is 11.3 Å². The number of aromatic nitrogens is 3. The molecular weight excluding hydrogens is 478 g/mol. The minimum Gasteiger partial charge on any atom is -0.493 e. The van der Waals surface area contributed by atoms with Gasteiger partial charge in [0.05, 0.1) is 35.7 Å². The quantitative estimate of drug-likeness (QED) is 0.258. The summed E-state index contributed by atoms with van der Waals surface area (Å²) in [4.78, 5) is 14.2. The first-order valence-electron chi connectivity index (χ1n) is 11.8. The number of nitrogens with one attached hydrogen (secondary N) is 2. The van der Waals surface area contributed by atoms with Crippen LogP contribution in [0.25, 0.3) is 20.8 Å². The van der Waals surface area contributed by atoms with E-state index in [-0.39, 0.29) is 0 Å². The van der Waals surface area contributed by atoms with Crippen LogP contribution in [0.2, 0.25) is 0 Å². The van der Waals surface area contributed by atoms with Gasteiger partial charge in [0.1, 0.15) is 16.9 Å². The molecule has 2 unspecified atom stereocenters. The number of rotatable bonds is 8. The Kier molecular flexibility index (Phi) is 6.65. The largest absolute Gasteiger partial charge is 0.493 e. The Morgan fingerprint density at radius 3 is 2.61 bits per heavy atom. The van der Waals surface area contributed by atoms with E-state index in [1.807, 2.05) is 49.4 Å². The first kappa shape index (κ1) is 24.2. The highest BCUT2D eigenvalue weighted by molar-refractivity contribution is 7.21. The van der Waals surface area contributed by atoms with E-state index in [9.17, 15) is 10.2 Å². The summed E-state index contributed by atoms with van der Waals surface area (Å²) >= 11 is 1.54. The Labute approximate surface area is 213 Å². The third-order valence-corrected chi connectivity index (χ3v) is 7.47. The van der Waals surface area contributed by atoms with E-state index in [4.69, 9.17) is 24.4 Å². The van der Waals surface area contributed by atoms with E-state index in [0.29, 0.717) is 53.9 Å². The van der Waals surface area contributed by atoms with Crippen molar-refractivity contribution in [2.45, 2.75) is 44.6 Å². The molecule has 0 saturated heterocycles. The smallest absolute Gasteiger partial charge is 0.225 e. The van der Waals surface area contributed by atoms with Crippen molar-refractivity contribution in [2.75, 3.05) is 24.9 Å². The molecule has 1 aliphatic carbocycles. The number of hydrogen-bond donors (Lipinski definition) is 4. The number of aliphatic hydroxyl groups is 2. The van der Waals surface area contributed by atoms with Crippen molar-refractivity contribution in [3.63, 3.8) is 0 Å². The normalized spacial score (nSPS) is 19.4. The number of nitrogens with zero attached hydrogens (tertiary/aromatic N) is 3. The maximum absolute atomic E-state index is 11.1. The van der Waals surface area contributed by atoms with E-state index in [1.165, 1.54) is 11.3 Å². The summed E-state index contributed by atoms with van der Waals surface area (Å²) in [5.74, 6) is 2.12. The first-order chi connectivity index (χ1) is 17.4. The minimum absolute atomic E-state index is 0.394. The SMILES string of the molecule is COc1ccc(CNc2nc(C)c(-c3nc4ccccc4s3)c(NC3(O)CCCC3O)n2)cc1OC. The summed E-state index contributed by atoms with van der Waals surface area (Å²) in [6, 6.07) is 13.6. The number of benzene rings is 2. The van der Waals surface area contributed by atoms with Gasteiger partial charge in [0.15, 0.2) is 17.2 Å². The van der Waals surface area contributed by atoms with Crippen LogP contribution in [0.5, 0.6) is 11.5 Å². The molecule has 4 aromatic rings. The zero-order valence-corrected chi connectivity index (χ0v) is 21.2. The molecule has 4 N–H and O–H groups in total. The average Bonchev–Trinajstić information content (AvgIpc) is 3.44. The summed E-state index contributed by atoms with van der Waals surface area (Å²) in [7, 11) is 3.20. The second kappa shape index (κ2) is 9.88. The molecule has 2 aromatic heterocycles. The lowest BCUT2D eigenvalue weighted by molar-refractivity contribution is -0.0310. The fourth-order valence-electron chi connectivity index (χ4n) is 4.47. The second-order valence-electron chi connectivity index (χ2n) is 8.84. The van der Waals surface area contributed by atoms with Gasteiger partial charge in [-0.25, -0.2) is 9.97 Å². The van der Waals surface area contributed by atoms with Gasteiger partial charge in [-0.3, -0.25) is 0 Å². The molecule has 9 nitrogen and oxygen atoms in total. The Balaban J connectivity index is 1.50. The molecule has 0 spiro atoms. The molecule has 0 amide bonds. The summed E-state index contributed by atoms with van der Waals surface area (Å²) in [5, 5.41) is 28.7. The summed E-state index contributed by atoms with van der Waals surface area (Å²) < 4.78 is 11.8. The van der Waals surface area contributed by atoms with Crippen molar-refractivity contribution in [2.24, 2.45) is 0 Å². The fraction of sp³-hybridized carbons (Fsp3) is 0.346. The maximum atomic E-state index is 11.1. The van der Waals surface area contributed by atoms with Gasteiger partial charge in [0, 0.05) is 6.54 Å². The van der Waals surface area contributed by atoms with Gasteiger partial charge in [-0.1, -0.05) is 18.2 Å². The topological polar surface area (TPSA) is 122 Å². The van der Waals surface area contributed by atoms with Gasteiger partial charge < -0.3 is 30.3 Å². The van der Waals surface area contributed by atoms with Crippen LogP contribution in [0, 0.1) is 6.92 Å². The molecule has 0 radical (unpaired) electrons. The molecule has 1 saturated carbocycles. The first-order valence-corrected chi connectivity index (χ1v) is 12.6. The monoisotopic (exact) mass is 507 g/mol. The van der Waals surface area contributed by atoms with Crippen LogP contribution in [0.3, 0.4) is 0 Å². The third-order valence-electron chi connectivity index (χ3n) is 6.42. The van der Waals surface area contributed by atoms with Gasteiger partial charge in [-0.05, 0) is 56.0 Å². The van der Waals surface area contributed by atoms with Crippen molar-refractivity contribution in [3.8, 4) is 22.1 Å². The van der Waals surface area contributed by atoms with Gasteiger partial charge in [-0.15, -0.1) is 11.3 Å². The van der Waals surface area contributed by atoms with Crippen molar-refractivity contribution >= 4 is 33.3 Å². The number of methoxy groups -OCH3 is 2. The molecule has 2 heterocycles. The summed E-state index contributed by atoms with van der Waals surface area (Å²) in [6.07, 6.45) is 0.772. The lowest BCUT2D eigenvalue weighted by Gasteiger charge is -2.29. The van der Waals surface area contributed by atoms with E-state index in [1.54, 1.807) is 14.2 Å². The highest BCUT2D eigenvalue weighted by atomic mass is 32.1. The summed E-state index contributed by atoms with van der Waals surface area (Å²) in [5.41, 5.74) is 1.80. The van der Waals surface area contributed by atoms with Gasteiger partial charge in [0.2, 0.25) is 5.95 Å². The standard InChI is InChI=1S/C26H29N5O4S/c1-15-22(24-29-17-7-4-5-8-20(17)36-24)23(31-26(33)12-6-9-21(26)32)30-25(28-15)27-14-16-10-11-18(34-2)19(13-16)35-3/h4-5,7-8,10-11,13,21,32-33H,6,9,12,14H2,1-3H3,(H2,27,28,30,31). The number of hydrogen-bond acceptors (Lipinski definition) is 10. The molecule has 0 aliphatic heterocycles. The molecule has 188 valence electrons. The summed E-state index contributed by atoms with van der Waals surface area (Å²) in [6.45, 7) is 2.34. The Hall–Kier alpha value is -3.47. The number of aryl methyl sites for hydroxylation is 1. The maximum Gasteiger partial charge on any atom is 0.225 e. The second-order valence-corrected chi connectivity index (χ2v) is 9.87. The Bertz CT molecular complexity index is 1360. The number of thiazole rings is 1. The van der Waals surface area contributed by atoms with Gasteiger partial charge in [-0.2, -0.15) is 4.98 Å². The van der Waals surface area contributed by atoms with Crippen LogP contribution in [0.15, 0.2) is 42.5 Å². The van der Waals surface area contributed by atoms with Crippen molar-refractivity contribution < 1.29 is 19.7 Å². The molecule has 2 aromatic carbocycles. The third kappa shape index (κ3) is 4.67. The van der Waals surface area contributed by atoms with Crippen molar-refractivity contribution in [1.29, 1.82) is 0 Å². The van der Waals surface area contributed by atoms with Crippen LogP contribution in [0.4, 0.5) is 11.8 Å². The number of para-hydroxylation sites is 1. The zero-order chi connectivity index (χ0) is 25.3. The molecule has 5 rings (SSSR count). The van der Waals surface area contributed by atoms with E-state index < -0.39 is 11.8 Å². The number of anilines is 2. The molecule has 36 heavy (non-hydrogen) atoms. The van der Waals surface area contributed by atoms with E-state index >= 15 is 0 Å². The predicted octanol–water partition coefficient (Wildman–Crippen LogP) is 4.34. The fourth-order valence-corrected chi connectivity index (χ4v) is 5.53. The van der Waals surface area contributed by atoms with Crippen LogP contribution < -0.4 is 20.1 Å². The average molecular weight is 508 g/mol. The lowest BCUT2D eigenvalue weighted by atomic mass is 10.1. The zero-order valence-electron chi connectivity index (χ0n) is 20.4. The van der Waals surface area contributed by atoms with Crippen molar-refractivity contribution in [1.82, 2.24) is 15.0 Å². The van der Waals surface area contributed by atoms with Crippen LogP contribution in [0.1, 0.15) is 30.5 Å². The Morgan fingerprint density at radius 1 is 1.08 bits per heavy atom. The molecule has 1 aliphatic rings. The van der Waals surface area contributed by atoms with Crippen molar-refractivity contribution in [3.05, 3.63) is 53.7 Å². The molecule has 1 fully saturated rings. The van der Waals surface area contributed by atoms with E-state index in [2.05, 4.69) is 10.6 Å². The van der Waals surface area contributed by atoms with Gasteiger partial charge in [0.25, 0.3) is 0 Å². The Morgan fingerprint density at radius 2 is 1.89 bits per heavy atom. The molecule has 0 bridgehead atoms. The lowest BCUT2D eigenvalue weighted by Crippen LogP contribution is -2.45. The van der Waals surface area contributed by atoms with Gasteiger partial charge >= 0.3 is 0 Å². The number of aliphatic hydroxyl groups excluding tert-OH is 1. The number of fused-ring (bicyclic) bond motifs is 1.